The summed E-state index contributed by atoms with van der Waals surface area (Å²) in [5.74, 6) is -0.237. The average molecular weight is 432 g/mol. The lowest BCUT2D eigenvalue weighted by atomic mass is 10.0. The van der Waals surface area contributed by atoms with Gasteiger partial charge < -0.3 is 5.32 Å². The molecule has 0 spiro atoms. The van der Waals surface area contributed by atoms with Crippen LogP contribution < -0.4 is 10.5 Å². The molecule has 0 saturated heterocycles. The van der Waals surface area contributed by atoms with Crippen molar-refractivity contribution < 1.29 is 13.2 Å². The lowest BCUT2D eigenvalue weighted by Crippen LogP contribution is -2.27. The SMILES string of the molecule is CC(NC(=O)c1cc(-c2ccccc2)nc2ccccc12)c1ccc(S(N)(=O)=O)cc1. The number of nitrogens with zero attached hydrogens (tertiary/aromatic N) is 1. The van der Waals surface area contributed by atoms with E-state index in [1.165, 1.54) is 12.1 Å². The smallest absolute Gasteiger partial charge is 0.252 e. The van der Waals surface area contributed by atoms with E-state index >= 15 is 0 Å². The molecule has 6 nitrogen and oxygen atoms in total. The van der Waals surface area contributed by atoms with Crippen LogP contribution in [0.3, 0.4) is 0 Å². The third-order valence-corrected chi connectivity index (χ3v) is 6.02. The Morgan fingerprint density at radius 1 is 0.935 bits per heavy atom. The van der Waals surface area contributed by atoms with Crippen LogP contribution in [0.4, 0.5) is 0 Å². The van der Waals surface area contributed by atoms with Crippen LogP contribution >= 0.6 is 0 Å². The normalized spacial score (nSPS) is 12.5. The summed E-state index contributed by atoms with van der Waals surface area (Å²) >= 11 is 0. The summed E-state index contributed by atoms with van der Waals surface area (Å²) in [5.41, 5.74) is 3.67. The number of amides is 1. The second-order valence-corrected chi connectivity index (χ2v) is 8.81. The van der Waals surface area contributed by atoms with Gasteiger partial charge in [0.1, 0.15) is 0 Å². The van der Waals surface area contributed by atoms with Crippen LogP contribution in [0.15, 0.2) is 89.8 Å². The molecule has 1 amide bonds. The number of nitrogens with one attached hydrogen (secondary N) is 1. The monoisotopic (exact) mass is 431 g/mol. The zero-order valence-corrected chi connectivity index (χ0v) is 17.6. The van der Waals surface area contributed by atoms with Crippen molar-refractivity contribution in [2.45, 2.75) is 17.9 Å². The van der Waals surface area contributed by atoms with Gasteiger partial charge in [-0.3, -0.25) is 4.79 Å². The van der Waals surface area contributed by atoms with E-state index in [-0.39, 0.29) is 16.8 Å². The standard InChI is InChI=1S/C24H21N3O3S/c1-16(17-11-13-19(14-12-17)31(25,29)30)26-24(28)21-15-23(18-7-3-2-4-8-18)27-22-10-6-5-9-20(21)22/h2-16H,1H3,(H,26,28)(H2,25,29,30). The predicted octanol–water partition coefficient (Wildman–Crippen LogP) is 4.04. The Bertz CT molecular complexity index is 1350. The Morgan fingerprint density at radius 3 is 2.26 bits per heavy atom. The summed E-state index contributed by atoms with van der Waals surface area (Å²) in [4.78, 5) is 17.9. The molecule has 0 bridgehead atoms. The first-order chi connectivity index (χ1) is 14.8. The molecule has 1 aromatic heterocycles. The van der Waals surface area contributed by atoms with E-state index in [0.29, 0.717) is 5.56 Å². The van der Waals surface area contributed by atoms with Crippen LogP contribution in [0.1, 0.15) is 28.9 Å². The fraction of sp³-hybridized carbons (Fsp3) is 0.0833. The lowest BCUT2D eigenvalue weighted by molar-refractivity contribution is 0.0941. The third kappa shape index (κ3) is 4.47. The summed E-state index contributed by atoms with van der Waals surface area (Å²) in [6, 6.07) is 24.8. The van der Waals surface area contributed by atoms with E-state index in [2.05, 4.69) is 5.32 Å². The minimum Gasteiger partial charge on any atom is -0.345 e. The van der Waals surface area contributed by atoms with Crippen LogP contribution in [0.2, 0.25) is 0 Å². The van der Waals surface area contributed by atoms with Crippen molar-refractivity contribution in [3.05, 3.63) is 96.1 Å². The molecular weight excluding hydrogens is 410 g/mol. The van der Waals surface area contributed by atoms with Gasteiger partial charge in [-0.2, -0.15) is 0 Å². The molecule has 0 aliphatic heterocycles. The van der Waals surface area contributed by atoms with E-state index in [1.54, 1.807) is 18.2 Å². The fourth-order valence-electron chi connectivity index (χ4n) is 3.42. The molecule has 1 atom stereocenters. The molecule has 0 saturated carbocycles. The fourth-order valence-corrected chi connectivity index (χ4v) is 3.94. The highest BCUT2D eigenvalue weighted by Gasteiger charge is 2.17. The Hall–Kier alpha value is -3.55. The lowest BCUT2D eigenvalue weighted by Gasteiger charge is -2.16. The average Bonchev–Trinajstić information content (AvgIpc) is 2.78. The summed E-state index contributed by atoms with van der Waals surface area (Å²) in [6.45, 7) is 1.84. The maximum atomic E-state index is 13.2. The van der Waals surface area contributed by atoms with Gasteiger partial charge in [0.05, 0.1) is 27.7 Å². The first-order valence-corrected chi connectivity index (χ1v) is 11.3. The second-order valence-electron chi connectivity index (χ2n) is 7.25. The number of carbonyl (C=O) groups excluding carboxylic acids is 1. The summed E-state index contributed by atoms with van der Waals surface area (Å²) < 4.78 is 22.9. The number of sulfonamides is 1. The molecule has 1 heterocycles. The number of nitrogens with two attached hydrogens (primary N) is 1. The highest BCUT2D eigenvalue weighted by Crippen LogP contribution is 2.25. The number of primary sulfonamides is 1. The van der Waals surface area contributed by atoms with Crippen molar-refractivity contribution in [2.75, 3.05) is 0 Å². The molecule has 7 heteroatoms. The van der Waals surface area contributed by atoms with Gasteiger partial charge in [0.15, 0.2) is 0 Å². The molecule has 4 aromatic rings. The first-order valence-electron chi connectivity index (χ1n) is 9.72. The maximum Gasteiger partial charge on any atom is 0.252 e. The van der Waals surface area contributed by atoms with Gasteiger partial charge >= 0.3 is 0 Å². The molecule has 156 valence electrons. The number of pyridine rings is 1. The first kappa shape index (κ1) is 20.7. The van der Waals surface area contributed by atoms with Gasteiger partial charge in [0.25, 0.3) is 5.91 Å². The number of aromatic nitrogens is 1. The van der Waals surface area contributed by atoms with Crippen LogP contribution in [0, 0.1) is 0 Å². The van der Waals surface area contributed by atoms with Crippen LogP contribution in [-0.2, 0) is 10.0 Å². The maximum absolute atomic E-state index is 13.2. The molecular formula is C24H21N3O3S. The molecule has 1 unspecified atom stereocenters. The van der Waals surface area contributed by atoms with Crippen molar-refractivity contribution in [2.24, 2.45) is 5.14 Å². The van der Waals surface area contributed by atoms with E-state index in [4.69, 9.17) is 10.1 Å². The van der Waals surface area contributed by atoms with E-state index in [0.717, 1.165) is 27.7 Å². The highest BCUT2D eigenvalue weighted by molar-refractivity contribution is 7.89. The van der Waals surface area contributed by atoms with E-state index in [9.17, 15) is 13.2 Å². The van der Waals surface area contributed by atoms with Gasteiger partial charge in [-0.25, -0.2) is 18.5 Å². The van der Waals surface area contributed by atoms with Gasteiger partial charge in [0.2, 0.25) is 10.0 Å². The summed E-state index contributed by atoms with van der Waals surface area (Å²) in [7, 11) is -3.76. The molecule has 0 aliphatic rings. The summed E-state index contributed by atoms with van der Waals surface area (Å²) in [6.07, 6.45) is 0. The molecule has 0 aliphatic carbocycles. The number of benzene rings is 3. The van der Waals surface area contributed by atoms with E-state index in [1.807, 2.05) is 61.5 Å². The Kier molecular flexibility index (Phi) is 5.54. The van der Waals surface area contributed by atoms with E-state index < -0.39 is 10.0 Å². The summed E-state index contributed by atoms with van der Waals surface area (Å²) in [5, 5.41) is 8.91. The minimum atomic E-state index is -3.76. The Balaban J connectivity index is 1.67. The minimum absolute atomic E-state index is 0.0300. The number of hydrogen-bond donors (Lipinski definition) is 2. The molecule has 31 heavy (non-hydrogen) atoms. The van der Waals surface area contributed by atoms with Crippen molar-refractivity contribution in [1.82, 2.24) is 10.3 Å². The van der Waals surface area contributed by atoms with Crippen molar-refractivity contribution in [3.8, 4) is 11.3 Å². The van der Waals surface area contributed by atoms with Crippen molar-refractivity contribution in [3.63, 3.8) is 0 Å². The molecule has 4 rings (SSSR count). The quantitative estimate of drug-likeness (QED) is 0.498. The zero-order valence-electron chi connectivity index (χ0n) is 16.8. The molecule has 3 N–H and O–H groups in total. The molecule has 3 aromatic carbocycles. The van der Waals surface area contributed by atoms with Gasteiger partial charge in [-0.05, 0) is 36.8 Å². The molecule has 0 radical (unpaired) electrons. The number of fused-ring (bicyclic) bond motifs is 1. The largest absolute Gasteiger partial charge is 0.345 e. The van der Waals surface area contributed by atoms with Crippen LogP contribution in [0.5, 0.6) is 0 Å². The number of rotatable bonds is 5. The van der Waals surface area contributed by atoms with Crippen LogP contribution in [0.25, 0.3) is 22.2 Å². The van der Waals surface area contributed by atoms with Gasteiger partial charge in [-0.1, -0.05) is 60.7 Å². The second kappa shape index (κ2) is 8.29. The number of carbonyl (C=O) groups is 1. The predicted molar refractivity (Wildman–Crippen MR) is 121 cm³/mol. The number of para-hydroxylation sites is 1. The van der Waals surface area contributed by atoms with Crippen molar-refractivity contribution in [1.29, 1.82) is 0 Å². The highest BCUT2D eigenvalue weighted by atomic mass is 32.2. The van der Waals surface area contributed by atoms with Crippen molar-refractivity contribution >= 4 is 26.8 Å². The van der Waals surface area contributed by atoms with Crippen LogP contribution in [-0.4, -0.2) is 19.3 Å². The topological polar surface area (TPSA) is 102 Å². The third-order valence-electron chi connectivity index (χ3n) is 5.09. The zero-order chi connectivity index (χ0) is 22.0. The van der Waals surface area contributed by atoms with Gasteiger partial charge in [-0.15, -0.1) is 0 Å². The Morgan fingerprint density at radius 2 is 1.58 bits per heavy atom. The number of hydrogen-bond acceptors (Lipinski definition) is 4. The molecule has 0 fully saturated rings. The Labute approximate surface area is 180 Å². The van der Waals surface area contributed by atoms with Gasteiger partial charge in [0, 0.05) is 10.9 Å².